The summed E-state index contributed by atoms with van der Waals surface area (Å²) >= 11 is 0. The lowest BCUT2D eigenvalue weighted by atomic mass is 10.1. The summed E-state index contributed by atoms with van der Waals surface area (Å²) in [4.78, 5) is 33.7. The molecule has 0 unspecified atom stereocenters. The molecule has 0 aliphatic heterocycles. The van der Waals surface area contributed by atoms with Crippen molar-refractivity contribution in [2.75, 3.05) is 4.90 Å². The maximum Gasteiger partial charge on any atom is 0.266 e. The number of aromatic nitrogens is 2. The van der Waals surface area contributed by atoms with Crippen LogP contribution in [0.15, 0.2) is 36.7 Å². The van der Waals surface area contributed by atoms with Crippen LogP contribution < -0.4 is 4.90 Å². The summed E-state index contributed by atoms with van der Waals surface area (Å²) in [5, 5.41) is 0. The van der Waals surface area contributed by atoms with Crippen LogP contribution in [0.3, 0.4) is 0 Å². The predicted octanol–water partition coefficient (Wildman–Crippen LogP) is 3.32. The molecule has 2 aromatic rings. The lowest BCUT2D eigenvalue weighted by Gasteiger charge is -2.18. The van der Waals surface area contributed by atoms with Crippen molar-refractivity contribution >= 4 is 24.2 Å². The highest BCUT2D eigenvalue weighted by Crippen LogP contribution is 2.23. The van der Waals surface area contributed by atoms with E-state index in [1.54, 1.807) is 12.1 Å². The fourth-order valence-electron chi connectivity index (χ4n) is 2.23. The molecule has 0 aliphatic rings. The Labute approximate surface area is 135 Å². The zero-order valence-corrected chi connectivity index (χ0v) is 13.5. The Morgan fingerprint density at radius 1 is 1.22 bits per heavy atom. The van der Waals surface area contributed by atoms with Gasteiger partial charge in [-0.25, -0.2) is 14.9 Å². The van der Waals surface area contributed by atoms with Crippen molar-refractivity contribution in [1.29, 1.82) is 0 Å². The number of aryl methyl sites for hydroxylation is 2. The summed E-state index contributed by atoms with van der Waals surface area (Å²) in [7, 11) is 0. The van der Waals surface area contributed by atoms with Gasteiger partial charge in [0.1, 0.15) is 6.33 Å². The monoisotopic (exact) mass is 309 g/mol. The summed E-state index contributed by atoms with van der Waals surface area (Å²) in [5.74, 6) is -0.104. The zero-order chi connectivity index (χ0) is 16.8. The summed E-state index contributed by atoms with van der Waals surface area (Å²) < 4.78 is 0. The molecule has 0 spiro atoms. The molecule has 5 heteroatoms. The van der Waals surface area contributed by atoms with Crippen molar-refractivity contribution in [3.05, 3.63) is 59.1 Å². The predicted molar refractivity (Wildman–Crippen MR) is 90.1 cm³/mol. The molecule has 1 aromatic carbocycles. The SMILES string of the molecule is CC/C=C\c1c(C)ncnc1N(C=O)C(=O)c1ccccc1C. The Kier molecular flexibility index (Phi) is 5.36. The highest BCUT2D eigenvalue weighted by atomic mass is 16.2. The second kappa shape index (κ2) is 7.45. The number of carbonyl (C=O) groups is 2. The van der Waals surface area contributed by atoms with Gasteiger partial charge in [0.15, 0.2) is 5.82 Å². The van der Waals surface area contributed by atoms with E-state index >= 15 is 0 Å². The van der Waals surface area contributed by atoms with Gasteiger partial charge in [-0.05, 0) is 31.9 Å². The number of allylic oxidation sites excluding steroid dienone is 1. The Bertz CT molecular complexity index is 754. The van der Waals surface area contributed by atoms with Crippen LogP contribution in [0.4, 0.5) is 5.82 Å². The van der Waals surface area contributed by atoms with Gasteiger partial charge in [0.05, 0.1) is 5.69 Å². The van der Waals surface area contributed by atoms with E-state index < -0.39 is 5.91 Å². The van der Waals surface area contributed by atoms with E-state index in [4.69, 9.17) is 0 Å². The molecule has 5 nitrogen and oxygen atoms in total. The van der Waals surface area contributed by atoms with E-state index in [0.29, 0.717) is 29.0 Å². The first kappa shape index (κ1) is 16.5. The topological polar surface area (TPSA) is 63.2 Å². The Morgan fingerprint density at radius 2 is 1.96 bits per heavy atom. The van der Waals surface area contributed by atoms with Gasteiger partial charge in [0, 0.05) is 11.1 Å². The van der Waals surface area contributed by atoms with Crippen molar-refractivity contribution < 1.29 is 9.59 Å². The molecular formula is C18H19N3O2. The van der Waals surface area contributed by atoms with Crippen molar-refractivity contribution in [3.63, 3.8) is 0 Å². The lowest BCUT2D eigenvalue weighted by molar-refractivity contribution is -0.107. The van der Waals surface area contributed by atoms with Gasteiger partial charge in [0.25, 0.3) is 5.91 Å². The summed E-state index contributed by atoms with van der Waals surface area (Å²) in [6.45, 7) is 5.66. The fourth-order valence-corrected chi connectivity index (χ4v) is 2.23. The molecule has 0 bridgehead atoms. The van der Waals surface area contributed by atoms with E-state index in [2.05, 4.69) is 9.97 Å². The van der Waals surface area contributed by atoms with E-state index in [-0.39, 0.29) is 0 Å². The molecule has 0 aliphatic carbocycles. The maximum atomic E-state index is 12.7. The van der Waals surface area contributed by atoms with Crippen LogP contribution in [-0.4, -0.2) is 22.3 Å². The molecule has 1 heterocycles. The molecule has 1 aromatic heterocycles. The molecule has 0 atom stereocenters. The average Bonchev–Trinajstić information content (AvgIpc) is 2.55. The molecule has 23 heavy (non-hydrogen) atoms. The Morgan fingerprint density at radius 3 is 2.61 bits per heavy atom. The summed E-state index contributed by atoms with van der Waals surface area (Å²) in [6, 6.07) is 7.15. The van der Waals surface area contributed by atoms with Gasteiger partial charge in [-0.3, -0.25) is 9.59 Å². The molecular weight excluding hydrogens is 290 g/mol. The van der Waals surface area contributed by atoms with Crippen molar-refractivity contribution in [2.24, 2.45) is 0 Å². The Hall–Kier alpha value is -2.82. The molecule has 0 radical (unpaired) electrons. The maximum absolute atomic E-state index is 12.7. The zero-order valence-electron chi connectivity index (χ0n) is 13.5. The highest BCUT2D eigenvalue weighted by Gasteiger charge is 2.22. The molecule has 0 saturated heterocycles. The number of nitrogens with zero attached hydrogens (tertiary/aromatic N) is 3. The second-order valence-corrected chi connectivity index (χ2v) is 5.10. The number of benzene rings is 1. The van der Waals surface area contributed by atoms with Crippen LogP contribution in [-0.2, 0) is 4.79 Å². The van der Waals surface area contributed by atoms with Gasteiger partial charge in [-0.15, -0.1) is 0 Å². The van der Waals surface area contributed by atoms with E-state index in [1.165, 1.54) is 6.33 Å². The smallest absolute Gasteiger partial charge is 0.266 e. The van der Waals surface area contributed by atoms with Crippen LogP contribution in [0.25, 0.3) is 6.08 Å². The van der Waals surface area contributed by atoms with Crippen LogP contribution in [0, 0.1) is 13.8 Å². The Balaban J connectivity index is 2.52. The van der Waals surface area contributed by atoms with Gasteiger partial charge in [-0.2, -0.15) is 0 Å². The van der Waals surface area contributed by atoms with Crippen LogP contribution in [0.2, 0.25) is 0 Å². The number of hydrogen-bond acceptors (Lipinski definition) is 4. The first-order valence-electron chi connectivity index (χ1n) is 7.42. The van der Waals surface area contributed by atoms with E-state index in [0.717, 1.165) is 16.9 Å². The van der Waals surface area contributed by atoms with Crippen molar-refractivity contribution in [2.45, 2.75) is 27.2 Å². The van der Waals surface area contributed by atoms with Gasteiger partial charge < -0.3 is 0 Å². The minimum atomic E-state index is -0.401. The number of rotatable bonds is 5. The fraction of sp³-hybridized carbons (Fsp3) is 0.222. The summed E-state index contributed by atoms with van der Waals surface area (Å²) in [6.07, 6.45) is 6.47. The lowest BCUT2D eigenvalue weighted by Crippen LogP contribution is -2.31. The largest absolute Gasteiger partial charge is 0.278 e. The third kappa shape index (κ3) is 3.51. The molecule has 2 rings (SSSR count). The van der Waals surface area contributed by atoms with Crippen molar-refractivity contribution in [3.8, 4) is 0 Å². The van der Waals surface area contributed by atoms with E-state index in [9.17, 15) is 9.59 Å². The minimum absolute atomic E-state index is 0.297. The minimum Gasteiger partial charge on any atom is -0.278 e. The third-order valence-corrected chi connectivity index (χ3v) is 3.51. The molecule has 2 amide bonds. The molecule has 0 saturated carbocycles. The van der Waals surface area contributed by atoms with Gasteiger partial charge >= 0.3 is 0 Å². The quantitative estimate of drug-likeness (QED) is 0.795. The van der Waals surface area contributed by atoms with Crippen LogP contribution in [0.1, 0.15) is 40.5 Å². The molecule has 118 valence electrons. The number of carbonyl (C=O) groups excluding carboxylic acids is 2. The van der Waals surface area contributed by atoms with Crippen LogP contribution in [0.5, 0.6) is 0 Å². The normalized spacial score (nSPS) is 10.7. The number of amides is 2. The first-order chi connectivity index (χ1) is 11.1. The number of imide groups is 1. The van der Waals surface area contributed by atoms with Gasteiger partial charge in [-0.1, -0.05) is 37.3 Å². The van der Waals surface area contributed by atoms with E-state index in [1.807, 2.05) is 45.1 Å². The average molecular weight is 309 g/mol. The van der Waals surface area contributed by atoms with Crippen LogP contribution >= 0.6 is 0 Å². The van der Waals surface area contributed by atoms with Crippen molar-refractivity contribution in [1.82, 2.24) is 9.97 Å². The first-order valence-corrected chi connectivity index (χ1v) is 7.42. The number of hydrogen-bond donors (Lipinski definition) is 0. The highest BCUT2D eigenvalue weighted by molar-refractivity contribution is 6.16. The third-order valence-electron chi connectivity index (χ3n) is 3.51. The molecule has 0 fully saturated rings. The second-order valence-electron chi connectivity index (χ2n) is 5.10. The summed E-state index contributed by atoms with van der Waals surface area (Å²) in [5.41, 5.74) is 2.66. The number of anilines is 1. The molecule has 0 N–H and O–H groups in total. The van der Waals surface area contributed by atoms with Gasteiger partial charge in [0.2, 0.25) is 6.41 Å². The standard InChI is InChI=1S/C18H19N3O2/c1-4-5-9-16-14(3)19-11-20-17(16)21(12-22)18(23)15-10-7-6-8-13(15)2/h5-12H,4H2,1-3H3/b9-5-.